The van der Waals surface area contributed by atoms with Crippen molar-refractivity contribution in [3.8, 4) is 11.5 Å². The van der Waals surface area contributed by atoms with Crippen molar-refractivity contribution in [3.05, 3.63) is 53.1 Å². The van der Waals surface area contributed by atoms with E-state index in [0.717, 1.165) is 5.56 Å². The predicted molar refractivity (Wildman–Crippen MR) is 108 cm³/mol. The highest BCUT2D eigenvalue weighted by molar-refractivity contribution is 6.01. The van der Waals surface area contributed by atoms with Gasteiger partial charge in [0, 0.05) is 35.0 Å². The van der Waals surface area contributed by atoms with Crippen molar-refractivity contribution in [3.63, 3.8) is 0 Å². The SMILES string of the molecule is COc1ccc(CN(C)CC(=O)Nc2cc(C(N)=O)cc(C(N)=O)c2)c(OC)c1. The van der Waals surface area contributed by atoms with Crippen LogP contribution in [0.3, 0.4) is 0 Å². The second-order valence-electron chi connectivity index (χ2n) is 6.43. The Labute approximate surface area is 168 Å². The van der Waals surface area contributed by atoms with E-state index in [9.17, 15) is 14.4 Å². The molecule has 0 radical (unpaired) electrons. The summed E-state index contributed by atoms with van der Waals surface area (Å²) in [5, 5.41) is 2.65. The molecule has 2 aromatic carbocycles. The largest absolute Gasteiger partial charge is 0.497 e. The first-order valence-electron chi connectivity index (χ1n) is 8.67. The molecule has 0 aliphatic rings. The van der Waals surface area contributed by atoms with Gasteiger partial charge in [-0.1, -0.05) is 6.07 Å². The third-order valence-corrected chi connectivity index (χ3v) is 4.13. The fourth-order valence-electron chi connectivity index (χ4n) is 2.76. The summed E-state index contributed by atoms with van der Waals surface area (Å²) in [6, 6.07) is 9.50. The van der Waals surface area contributed by atoms with Crippen LogP contribution < -0.4 is 26.3 Å². The summed E-state index contributed by atoms with van der Waals surface area (Å²) in [7, 11) is 4.91. The predicted octanol–water partition coefficient (Wildman–Crippen LogP) is 0.972. The number of nitrogens with one attached hydrogen (secondary N) is 1. The maximum absolute atomic E-state index is 12.4. The highest BCUT2D eigenvalue weighted by Crippen LogP contribution is 2.25. The van der Waals surface area contributed by atoms with Crippen LogP contribution in [0.2, 0.25) is 0 Å². The zero-order chi connectivity index (χ0) is 21.6. The van der Waals surface area contributed by atoms with Gasteiger partial charge in [0.1, 0.15) is 11.5 Å². The van der Waals surface area contributed by atoms with E-state index >= 15 is 0 Å². The first-order chi connectivity index (χ1) is 13.7. The minimum absolute atomic E-state index is 0.0574. The van der Waals surface area contributed by atoms with Gasteiger partial charge in [-0.05, 0) is 31.3 Å². The number of nitrogens with two attached hydrogens (primary N) is 2. The monoisotopic (exact) mass is 400 g/mol. The number of benzene rings is 2. The number of methoxy groups -OCH3 is 2. The van der Waals surface area contributed by atoms with Crippen LogP contribution >= 0.6 is 0 Å². The van der Waals surface area contributed by atoms with Crippen molar-refractivity contribution in [2.45, 2.75) is 6.54 Å². The molecule has 2 aromatic rings. The van der Waals surface area contributed by atoms with Crippen molar-refractivity contribution in [1.29, 1.82) is 0 Å². The third-order valence-electron chi connectivity index (χ3n) is 4.13. The topological polar surface area (TPSA) is 137 Å². The molecule has 29 heavy (non-hydrogen) atoms. The number of hydrogen-bond acceptors (Lipinski definition) is 6. The third kappa shape index (κ3) is 5.94. The number of nitrogens with zero attached hydrogens (tertiary/aromatic N) is 1. The summed E-state index contributed by atoms with van der Waals surface area (Å²) in [5.41, 5.74) is 11.8. The van der Waals surface area contributed by atoms with Crippen LogP contribution in [0.5, 0.6) is 11.5 Å². The Morgan fingerprint density at radius 3 is 2.10 bits per heavy atom. The van der Waals surface area contributed by atoms with Crippen molar-refractivity contribution >= 4 is 23.4 Å². The van der Waals surface area contributed by atoms with Gasteiger partial charge in [0.2, 0.25) is 17.7 Å². The molecule has 0 spiro atoms. The van der Waals surface area contributed by atoms with Gasteiger partial charge in [0.05, 0.1) is 20.8 Å². The second kappa shape index (κ2) is 9.56. The van der Waals surface area contributed by atoms with E-state index in [1.54, 1.807) is 32.2 Å². The first kappa shape index (κ1) is 21.7. The summed E-state index contributed by atoms with van der Waals surface area (Å²) in [4.78, 5) is 37.0. The number of rotatable bonds is 9. The lowest BCUT2D eigenvalue weighted by molar-refractivity contribution is -0.117. The molecule has 0 aromatic heterocycles. The summed E-state index contributed by atoms with van der Waals surface area (Å²) in [5.74, 6) is -0.473. The molecular weight excluding hydrogens is 376 g/mol. The Bertz CT molecular complexity index is 897. The lowest BCUT2D eigenvalue weighted by atomic mass is 10.1. The minimum Gasteiger partial charge on any atom is -0.497 e. The number of carbonyl (C=O) groups is 3. The van der Waals surface area contributed by atoms with Crippen LogP contribution in [0.1, 0.15) is 26.3 Å². The van der Waals surface area contributed by atoms with Gasteiger partial charge in [-0.25, -0.2) is 0 Å². The number of ether oxygens (including phenoxy) is 2. The molecule has 3 amide bonds. The van der Waals surface area contributed by atoms with Crippen molar-refractivity contribution in [1.82, 2.24) is 4.90 Å². The molecule has 0 unspecified atom stereocenters. The zero-order valence-electron chi connectivity index (χ0n) is 16.5. The van der Waals surface area contributed by atoms with E-state index in [-0.39, 0.29) is 29.3 Å². The van der Waals surface area contributed by atoms with Crippen molar-refractivity contribution in [2.24, 2.45) is 11.5 Å². The number of primary amides is 2. The summed E-state index contributed by atoms with van der Waals surface area (Å²) in [6.45, 7) is 0.510. The number of anilines is 1. The molecule has 0 aliphatic carbocycles. The molecule has 154 valence electrons. The lowest BCUT2D eigenvalue weighted by Gasteiger charge is -2.18. The fourth-order valence-corrected chi connectivity index (χ4v) is 2.76. The number of carbonyl (C=O) groups excluding carboxylic acids is 3. The van der Waals surface area contributed by atoms with Crippen LogP contribution in [-0.4, -0.2) is 50.4 Å². The van der Waals surface area contributed by atoms with E-state index in [4.69, 9.17) is 20.9 Å². The minimum atomic E-state index is -0.729. The van der Waals surface area contributed by atoms with E-state index in [2.05, 4.69) is 5.32 Å². The molecule has 0 saturated carbocycles. The Morgan fingerprint density at radius 2 is 1.59 bits per heavy atom. The van der Waals surface area contributed by atoms with Crippen LogP contribution in [0.15, 0.2) is 36.4 Å². The Hall–Kier alpha value is -3.59. The summed E-state index contributed by atoms with van der Waals surface area (Å²) >= 11 is 0. The van der Waals surface area contributed by atoms with Gasteiger partial charge < -0.3 is 26.3 Å². The maximum atomic E-state index is 12.4. The van der Waals surface area contributed by atoms with E-state index < -0.39 is 11.8 Å². The second-order valence-corrected chi connectivity index (χ2v) is 6.43. The normalized spacial score (nSPS) is 10.5. The number of likely N-dealkylation sites (N-methyl/N-ethyl adjacent to an activating group) is 1. The van der Waals surface area contributed by atoms with Crippen LogP contribution in [0.4, 0.5) is 5.69 Å². The van der Waals surface area contributed by atoms with Crippen LogP contribution in [0, 0.1) is 0 Å². The van der Waals surface area contributed by atoms with E-state index in [1.807, 2.05) is 12.1 Å². The molecule has 0 fully saturated rings. The van der Waals surface area contributed by atoms with Crippen LogP contribution in [0.25, 0.3) is 0 Å². The van der Waals surface area contributed by atoms with Gasteiger partial charge in [0.25, 0.3) is 0 Å². The van der Waals surface area contributed by atoms with Gasteiger partial charge in [-0.15, -0.1) is 0 Å². The summed E-state index contributed by atoms with van der Waals surface area (Å²) < 4.78 is 10.5. The van der Waals surface area contributed by atoms with Gasteiger partial charge in [-0.3, -0.25) is 19.3 Å². The van der Waals surface area contributed by atoms with Crippen molar-refractivity contribution < 1.29 is 23.9 Å². The van der Waals surface area contributed by atoms with Crippen molar-refractivity contribution in [2.75, 3.05) is 33.1 Å². The molecule has 0 saturated heterocycles. The van der Waals surface area contributed by atoms with E-state index in [0.29, 0.717) is 18.0 Å². The molecule has 9 heteroatoms. The molecule has 2 rings (SSSR count). The molecule has 0 aliphatic heterocycles. The first-order valence-corrected chi connectivity index (χ1v) is 8.67. The highest BCUT2D eigenvalue weighted by Gasteiger charge is 2.14. The molecule has 0 atom stereocenters. The Balaban J connectivity index is 2.07. The average molecular weight is 400 g/mol. The smallest absolute Gasteiger partial charge is 0.248 e. The lowest BCUT2D eigenvalue weighted by Crippen LogP contribution is -2.30. The average Bonchev–Trinajstić information content (AvgIpc) is 2.67. The van der Waals surface area contributed by atoms with E-state index in [1.165, 1.54) is 18.2 Å². The molecule has 9 nitrogen and oxygen atoms in total. The maximum Gasteiger partial charge on any atom is 0.248 e. The Morgan fingerprint density at radius 1 is 0.966 bits per heavy atom. The number of amides is 3. The fraction of sp³-hybridized carbons (Fsp3) is 0.250. The quantitative estimate of drug-likeness (QED) is 0.574. The van der Waals surface area contributed by atoms with Gasteiger partial charge in [0.15, 0.2) is 0 Å². The van der Waals surface area contributed by atoms with Gasteiger partial charge >= 0.3 is 0 Å². The Kier molecular flexibility index (Phi) is 7.15. The number of hydrogen-bond donors (Lipinski definition) is 3. The van der Waals surface area contributed by atoms with Gasteiger partial charge in [-0.2, -0.15) is 0 Å². The molecule has 0 heterocycles. The molecular formula is C20H24N4O5. The zero-order valence-corrected chi connectivity index (χ0v) is 16.5. The molecule has 5 N–H and O–H groups in total. The highest BCUT2D eigenvalue weighted by atomic mass is 16.5. The summed E-state index contributed by atoms with van der Waals surface area (Å²) in [6.07, 6.45) is 0. The van der Waals surface area contributed by atoms with Crippen LogP contribution in [-0.2, 0) is 11.3 Å². The molecule has 0 bridgehead atoms. The standard InChI is InChI=1S/C20H24N4O5/c1-24(10-12-4-5-16(28-2)9-17(12)29-3)11-18(25)23-15-7-13(19(21)26)6-14(8-15)20(22)27/h4-9H,10-11H2,1-3H3,(H2,21,26)(H2,22,27)(H,23,25).